The maximum atomic E-state index is 12.9. The van der Waals surface area contributed by atoms with Crippen molar-refractivity contribution >= 4 is 29.1 Å². The molecule has 0 spiro atoms. The van der Waals surface area contributed by atoms with Crippen molar-refractivity contribution in [3.63, 3.8) is 0 Å². The highest BCUT2D eigenvalue weighted by atomic mass is 32.1. The number of hydrogen-bond donors (Lipinski definition) is 2. The first kappa shape index (κ1) is 18.1. The van der Waals surface area contributed by atoms with Gasteiger partial charge < -0.3 is 15.3 Å². The van der Waals surface area contributed by atoms with E-state index in [4.69, 9.17) is 5.11 Å². The summed E-state index contributed by atoms with van der Waals surface area (Å²) < 4.78 is 0. The summed E-state index contributed by atoms with van der Waals surface area (Å²) in [7, 11) is 0. The predicted molar refractivity (Wildman–Crippen MR) is 98.5 cm³/mol. The molecule has 0 bridgehead atoms. The van der Waals surface area contributed by atoms with Gasteiger partial charge in [-0.2, -0.15) is 0 Å². The third-order valence-corrected chi connectivity index (χ3v) is 5.42. The number of hydrogen-bond acceptors (Lipinski definition) is 4. The second-order valence-corrected chi connectivity index (χ2v) is 7.30. The number of rotatable bonds is 6. The van der Waals surface area contributed by atoms with Crippen LogP contribution in [0.25, 0.3) is 0 Å². The van der Waals surface area contributed by atoms with Gasteiger partial charge in [0.2, 0.25) is 5.91 Å². The van der Waals surface area contributed by atoms with E-state index in [9.17, 15) is 14.4 Å². The number of carboxylic acid groups (broad SMARTS) is 1. The van der Waals surface area contributed by atoms with E-state index in [0.29, 0.717) is 19.5 Å². The lowest BCUT2D eigenvalue weighted by molar-refractivity contribution is -0.132. The van der Waals surface area contributed by atoms with Crippen LogP contribution in [0, 0.1) is 0 Å². The van der Waals surface area contributed by atoms with Crippen LogP contribution < -0.4 is 5.32 Å². The highest BCUT2D eigenvalue weighted by Crippen LogP contribution is 2.18. The van der Waals surface area contributed by atoms with Crippen molar-refractivity contribution in [3.05, 3.63) is 57.8 Å². The first-order valence-electron chi connectivity index (χ1n) is 8.51. The molecule has 1 aromatic carbocycles. The highest BCUT2D eigenvalue weighted by Gasteiger charge is 2.28. The Hall–Kier alpha value is -2.67. The molecule has 1 aliphatic heterocycles. The summed E-state index contributed by atoms with van der Waals surface area (Å²) >= 11 is 0.905. The summed E-state index contributed by atoms with van der Waals surface area (Å²) in [4.78, 5) is 38.6. The molecule has 0 unspecified atom stereocenters. The van der Waals surface area contributed by atoms with Crippen LogP contribution in [0.15, 0.2) is 42.5 Å². The zero-order valence-electron chi connectivity index (χ0n) is 14.2. The Morgan fingerprint density at radius 2 is 1.69 bits per heavy atom. The van der Waals surface area contributed by atoms with E-state index in [1.807, 2.05) is 30.3 Å². The van der Waals surface area contributed by atoms with E-state index in [2.05, 4.69) is 5.32 Å². The van der Waals surface area contributed by atoms with Crippen molar-refractivity contribution in [1.29, 1.82) is 0 Å². The van der Waals surface area contributed by atoms with Crippen molar-refractivity contribution in [1.82, 2.24) is 10.2 Å². The average Bonchev–Trinajstić information content (AvgIpc) is 3.33. The summed E-state index contributed by atoms with van der Waals surface area (Å²) in [6, 6.07) is 11.7. The largest absolute Gasteiger partial charge is 0.477 e. The Bertz CT molecular complexity index is 797. The molecule has 1 atom stereocenters. The molecule has 1 aliphatic rings. The van der Waals surface area contributed by atoms with Crippen LogP contribution in [0.1, 0.15) is 37.7 Å². The molecule has 2 N–H and O–H groups in total. The first-order chi connectivity index (χ1) is 12.5. The van der Waals surface area contributed by atoms with E-state index in [1.165, 1.54) is 12.1 Å². The Labute approximate surface area is 155 Å². The van der Waals surface area contributed by atoms with Crippen LogP contribution in [-0.4, -0.2) is 46.9 Å². The molecule has 0 radical (unpaired) electrons. The van der Waals surface area contributed by atoms with E-state index >= 15 is 0 Å². The van der Waals surface area contributed by atoms with Gasteiger partial charge in [0.05, 0.1) is 4.88 Å². The summed E-state index contributed by atoms with van der Waals surface area (Å²) in [5, 5.41) is 11.8. The molecular formula is C19H20N2O4S. The van der Waals surface area contributed by atoms with Crippen molar-refractivity contribution in [2.24, 2.45) is 0 Å². The smallest absolute Gasteiger partial charge is 0.345 e. The van der Waals surface area contributed by atoms with Gasteiger partial charge in [-0.15, -0.1) is 11.3 Å². The lowest BCUT2D eigenvalue weighted by atomic mass is 10.0. The molecule has 7 heteroatoms. The molecule has 2 heterocycles. The molecule has 6 nitrogen and oxygen atoms in total. The molecule has 2 amide bonds. The summed E-state index contributed by atoms with van der Waals surface area (Å²) in [5.74, 6) is -1.58. The number of nitrogens with one attached hydrogen (secondary N) is 1. The fraction of sp³-hybridized carbons (Fsp3) is 0.316. The van der Waals surface area contributed by atoms with Gasteiger partial charge in [-0.1, -0.05) is 30.3 Å². The first-order valence-corrected chi connectivity index (χ1v) is 9.33. The van der Waals surface area contributed by atoms with E-state index in [1.54, 1.807) is 4.90 Å². The van der Waals surface area contributed by atoms with Crippen LogP contribution in [0.5, 0.6) is 0 Å². The van der Waals surface area contributed by atoms with Gasteiger partial charge in [0.15, 0.2) is 0 Å². The maximum absolute atomic E-state index is 12.9. The number of likely N-dealkylation sites (tertiary alicyclic amines) is 1. The van der Waals surface area contributed by atoms with Crippen LogP contribution in [0.4, 0.5) is 0 Å². The SMILES string of the molecule is O=C(O)c1ccc(C(=O)N[C@@H](Cc2ccccc2)C(=O)N2CCCC2)s1. The fourth-order valence-electron chi connectivity index (χ4n) is 3.01. The van der Waals surface area contributed by atoms with Gasteiger partial charge >= 0.3 is 5.97 Å². The Morgan fingerprint density at radius 3 is 2.31 bits per heavy atom. The summed E-state index contributed by atoms with van der Waals surface area (Å²) in [6.45, 7) is 1.42. The van der Waals surface area contributed by atoms with E-state index in [-0.39, 0.29) is 15.7 Å². The molecule has 1 fully saturated rings. The molecule has 26 heavy (non-hydrogen) atoms. The van der Waals surface area contributed by atoms with Gasteiger partial charge in [-0.25, -0.2) is 4.79 Å². The van der Waals surface area contributed by atoms with Gasteiger partial charge in [0.1, 0.15) is 10.9 Å². The zero-order chi connectivity index (χ0) is 18.5. The Morgan fingerprint density at radius 1 is 1.04 bits per heavy atom. The third kappa shape index (κ3) is 4.29. The van der Waals surface area contributed by atoms with Gasteiger partial charge in [0.25, 0.3) is 5.91 Å². The van der Waals surface area contributed by atoms with Crippen molar-refractivity contribution in [3.8, 4) is 0 Å². The van der Waals surface area contributed by atoms with Crippen LogP contribution in [0.2, 0.25) is 0 Å². The number of aromatic carboxylic acids is 1. The number of thiophene rings is 1. The number of carboxylic acids is 1. The number of carbonyl (C=O) groups is 3. The Balaban J connectivity index is 1.76. The summed E-state index contributed by atoms with van der Waals surface area (Å²) in [5.41, 5.74) is 0.961. The van der Waals surface area contributed by atoms with Crippen LogP contribution in [0.3, 0.4) is 0 Å². The van der Waals surface area contributed by atoms with Gasteiger partial charge in [0, 0.05) is 19.5 Å². The monoisotopic (exact) mass is 372 g/mol. The standard InChI is InChI=1S/C19H20N2O4S/c22-17(15-8-9-16(26-15)19(24)25)20-14(12-13-6-2-1-3-7-13)18(23)21-10-4-5-11-21/h1-3,6-9,14H,4-5,10-12H2,(H,20,22)(H,24,25)/t14-/m0/s1. The molecule has 3 rings (SSSR count). The van der Waals surface area contributed by atoms with Crippen molar-refractivity contribution < 1.29 is 19.5 Å². The number of amides is 2. The highest BCUT2D eigenvalue weighted by molar-refractivity contribution is 7.15. The molecule has 1 saturated heterocycles. The minimum atomic E-state index is -1.07. The van der Waals surface area contributed by atoms with Crippen molar-refractivity contribution in [2.75, 3.05) is 13.1 Å². The molecule has 1 aromatic heterocycles. The summed E-state index contributed by atoms with van der Waals surface area (Å²) in [6.07, 6.45) is 2.36. The fourth-order valence-corrected chi connectivity index (χ4v) is 3.76. The van der Waals surface area contributed by atoms with E-state index < -0.39 is 17.9 Å². The van der Waals surface area contributed by atoms with E-state index in [0.717, 1.165) is 29.7 Å². The average molecular weight is 372 g/mol. The number of carbonyl (C=O) groups excluding carboxylic acids is 2. The van der Waals surface area contributed by atoms with Crippen molar-refractivity contribution in [2.45, 2.75) is 25.3 Å². The molecular weight excluding hydrogens is 352 g/mol. The normalized spacial score (nSPS) is 14.8. The molecule has 2 aromatic rings. The molecule has 0 saturated carbocycles. The molecule has 0 aliphatic carbocycles. The minimum Gasteiger partial charge on any atom is -0.477 e. The maximum Gasteiger partial charge on any atom is 0.345 e. The topological polar surface area (TPSA) is 86.7 Å². The van der Waals surface area contributed by atoms with Crippen LogP contribution >= 0.6 is 11.3 Å². The Kier molecular flexibility index (Phi) is 5.68. The lowest BCUT2D eigenvalue weighted by Crippen LogP contribution is -2.48. The lowest BCUT2D eigenvalue weighted by Gasteiger charge is -2.24. The van der Waals surface area contributed by atoms with Crippen LogP contribution in [-0.2, 0) is 11.2 Å². The predicted octanol–water partition coefficient (Wildman–Crippen LogP) is 2.41. The second-order valence-electron chi connectivity index (χ2n) is 6.22. The second kappa shape index (κ2) is 8.14. The van der Waals surface area contributed by atoms with Gasteiger partial charge in [-0.05, 0) is 30.5 Å². The molecule has 136 valence electrons. The third-order valence-electron chi connectivity index (χ3n) is 4.34. The number of benzene rings is 1. The van der Waals surface area contributed by atoms with Gasteiger partial charge in [-0.3, -0.25) is 9.59 Å². The quantitative estimate of drug-likeness (QED) is 0.815. The minimum absolute atomic E-state index is 0.0882. The zero-order valence-corrected chi connectivity index (χ0v) is 15.0. The number of nitrogens with zero attached hydrogens (tertiary/aromatic N) is 1.